The largest absolute Gasteiger partial charge is 0.472 e. The topological polar surface area (TPSA) is 151 Å². The molecule has 0 aliphatic carbocycles. The Bertz CT molecular complexity index is 982. The predicted molar refractivity (Wildman–Crippen MR) is 246 cm³/mol. The van der Waals surface area contributed by atoms with Gasteiger partial charge in [0, 0.05) is 6.54 Å². The van der Waals surface area contributed by atoms with Crippen molar-refractivity contribution in [2.75, 3.05) is 19.8 Å². The lowest BCUT2D eigenvalue weighted by molar-refractivity contribution is -0.124. The molecule has 10 heteroatoms. The van der Waals surface area contributed by atoms with Crippen LogP contribution in [0.2, 0.25) is 0 Å². The molecule has 0 saturated carbocycles. The summed E-state index contributed by atoms with van der Waals surface area (Å²) in [6, 6.07) is -0.996. The van der Waals surface area contributed by atoms with Crippen molar-refractivity contribution in [1.82, 2.24) is 5.32 Å². The van der Waals surface area contributed by atoms with Crippen LogP contribution in [0.4, 0.5) is 0 Å². The van der Waals surface area contributed by atoms with Crippen LogP contribution in [0.5, 0.6) is 0 Å². The lowest BCUT2D eigenvalue weighted by Crippen LogP contribution is -2.46. The number of carbonyl (C=O) groups is 1. The zero-order valence-corrected chi connectivity index (χ0v) is 38.8. The van der Waals surface area contributed by atoms with E-state index in [2.05, 4.69) is 31.3 Å². The van der Waals surface area contributed by atoms with Crippen LogP contribution in [0.15, 0.2) is 24.3 Å². The maximum atomic E-state index is 12.8. The van der Waals surface area contributed by atoms with Crippen LogP contribution < -0.4 is 11.1 Å². The van der Waals surface area contributed by atoms with Crippen LogP contribution in [-0.2, 0) is 18.4 Å². The predicted octanol–water partition coefficient (Wildman–Crippen LogP) is 13.1. The van der Waals surface area contributed by atoms with E-state index in [4.69, 9.17) is 14.8 Å². The zero-order chi connectivity index (χ0) is 42.6. The number of nitrogens with one attached hydrogen (secondary N) is 1. The highest BCUT2D eigenvalue weighted by Gasteiger charge is 2.27. The van der Waals surface area contributed by atoms with Gasteiger partial charge in [-0.15, -0.1) is 0 Å². The Kier molecular flexibility index (Phi) is 43.2. The molecule has 0 aliphatic heterocycles. The van der Waals surface area contributed by atoms with E-state index in [1.165, 1.54) is 173 Å². The number of aliphatic hydroxyl groups is 2. The summed E-state index contributed by atoms with van der Waals surface area (Å²) in [6.07, 6.45) is 48.5. The van der Waals surface area contributed by atoms with Crippen LogP contribution in [0.25, 0.3) is 0 Å². The molecular weight excluding hydrogens is 748 g/mol. The Balaban J connectivity index is 4.19. The summed E-state index contributed by atoms with van der Waals surface area (Å²) < 4.78 is 22.1. The monoisotopic (exact) mass is 843 g/mol. The van der Waals surface area contributed by atoms with Gasteiger partial charge in [0.25, 0.3) is 0 Å². The normalized spacial score (nSPS) is 14.7. The van der Waals surface area contributed by atoms with Gasteiger partial charge in [-0.05, 0) is 32.1 Å². The van der Waals surface area contributed by atoms with Crippen molar-refractivity contribution < 1.29 is 33.5 Å². The second kappa shape index (κ2) is 44.0. The molecule has 0 heterocycles. The third-order valence-electron chi connectivity index (χ3n) is 11.1. The van der Waals surface area contributed by atoms with Crippen LogP contribution in [0.3, 0.4) is 0 Å². The molecule has 0 aromatic rings. The van der Waals surface area contributed by atoms with E-state index in [9.17, 15) is 24.5 Å². The average Bonchev–Trinajstić information content (AvgIpc) is 3.20. The van der Waals surface area contributed by atoms with Gasteiger partial charge >= 0.3 is 7.82 Å². The summed E-state index contributed by atoms with van der Waals surface area (Å²) in [4.78, 5) is 22.8. The summed E-state index contributed by atoms with van der Waals surface area (Å²) in [5.74, 6) is -0.452. The number of allylic oxidation sites excluding steroid dienone is 3. The molecule has 58 heavy (non-hydrogen) atoms. The van der Waals surface area contributed by atoms with E-state index in [-0.39, 0.29) is 19.6 Å². The smallest absolute Gasteiger partial charge is 0.393 e. The minimum absolute atomic E-state index is 0.0462. The van der Waals surface area contributed by atoms with Crippen molar-refractivity contribution in [3.8, 4) is 0 Å². The molecule has 0 fully saturated rings. The molecule has 4 unspecified atom stereocenters. The molecule has 0 aromatic heterocycles. The molecule has 6 N–H and O–H groups in total. The van der Waals surface area contributed by atoms with Gasteiger partial charge < -0.3 is 26.2 Å². The average molecular weight is 843 g/mol. The molecule has 0 rings (SSSR count). The quantitative estimate of drug-likeness (QED) is 0.0231. The SMILES string of the molecule is CCCCCCCCCCC/C=C/CC/C=C/C(O)C(COP(=O)(O)OCCN)NC(=O)CC(O)CCCCCCCCCCCCCCCCCCCCCCC. The lowest BCUT2D eigenvalue weighted by Gasteiger charge is -2.24. The number of rotatable bonds is 46. The Hall–Kier alpha value is -1.06. The first-order chi connectivity index (χ1) is 28.3. The summed E-state index contributed by atoms with van der Waals surface area (Å²) >= 11 is 0. The van der Waals surface area contributed by atoms with Gasteiger partial charge in [-0.25, -0.2) is 4.57 Å². The standard InChI is InChI=1S/C48H95N2O7P/c1-3-5-7-9-11-13-15-17-19-20-21-22-23-24-26-27-29-31-33-35-37-39-45(51)43-48(53)50-46(44-57-58(54,55)56-42-41-49)47(52)40-38-36-34-32-30-28-25-18-16-14-12-10-8-6-4-2/h30,32,38,40,45-47,51-52H,3-29,31,33-37,39,41-44,49H2,1-2H3,(H,50,53)(H,54,55)/b32-30+,40-38+. The maximum absolute atomic E-state index is 12.8. The molecular formula is C48H95N2O7P. The summed E-state index contributed by atoms with van der Waals surface area (Å²) in [5, 5.41) is 24.1. The number of hydrogen-bond acceptors (Lipinski definition) is 7. The molecule has 0 bridgehead atoms. The Labute approximate surface area is 358 Å². The number of unbranched alkanes of at least 4 members (excludes halogenated alkanes) is 30. The first kappa shape index (κ1) is 56.9. The fourth-order valence-electron chi connectivity index (χ4n) is 7.37. The second-order valence-corrected chi connectivity index (χ2v) is 18.3. The molecule has 0 saturated heterocycles. The van der Waals surface area contributed by atoms with E-state index in [1.54, 1.807) is 6.08 Å². The van der Waals surface area contributed by atoms with Crippen LogP contribution >= 0.6 is 7.82 Å². The molecule has 9 nitrogen and oxygen atoms in total. The highest BCUT2D eigenvalue weighted by molar-refractivity contribution is 7.47. The van der Waals surface area contributed by atoms with Gasteiger partial charge in [-0.2, -0.15) is 0 Å². The van der Waals surface area contributed by atoms with Gasteiger partial charge in [0.1, 0.15) is 0 Å². The number of amides is 1. The molecule has 0 spiro atoms. The third-order valence-corrected chi connectivity index (χ3v) is 12.1. The van der Waals surface area contributed by atoms with Crippen LogP contribution in [0, 0.1) is 0 Å². The number of hydrogen-bond donors (Lipinski definition) is 5. The molecule has 1 amide bonds. The van der Waals surface area contributed by atoms with Crippen LogP contribution in [-0.4, -0.2) is 59.0 Å². The van der Waals surface area contributed by atoms with Crippen molar-refractivity contribution in [2.24, 2.45) is 5.73 Å². The molecule has 4 atom stereocenters. The van der Waals surface area contributed by atoms with E-state index in [0.29, 0.717) is 12.8 Å². The van der Waals surface area contributed by atoms with Crippen molar-refractivity contribution in [1.29, 1.82) is 0 Å². The number of nitrogens with two attached hydrogens (primary N) is 1. The number of phosphoric acid groups is 1. The van der Waals surface area contributed by atoms with Gasteiger partial charge in [-0.1, -0.05) is 224 Å². The van der Waals surface area contributed by atoms with Gasteiger partial charge in [0.2, 0.25) is 5.91 Å². The highest BCUT2D eigenvalue weighted by Crippen LogP contribution is 2.43. The highest BCUT2D eigenvalue weighted by atomic mass is 31.2. The number of phosphoric ester groups is 1. The molecule has 344 valence electrons. The number of carbonyl (C=O) groups excluding carboxylic acids is 1. The first-order valence-electron chi connectivity index (χ1n) is 24.5. The number of aliphatic hydroxyl groups excluding tert-OH is 2. The van der Waals surface area contributed by atoms with E-state index >= 15 is 0 Å². The van der Waals surface area contributed by atoms with Crippen molar-refractivity contribution in [3.63, 3.8) is 0 Å². The van der Waals surface area contributed by atoms with Crippen molar-refractivity contribution in [3.05, 3.63) is 24.3 Å². The van der Waals surface area contributed by atoms with E-state index < -0.39 is 38.6 Å². The van der Waals surface area contributed by atoms with Crippen molar-refractivity contribution >= 4 is 13.7 Å². The van der Waals surface area contributed by atoms with E-state index in [1.807, 2.05) is 6.08 Å². The first-order valence-corrected chi connectivity index (χ1v) is 26.0. The lowest BCUT2D eigenvalue weighted by atomic mass is 10.0. The minimum atomic E-state index is -4.41. The molecule has 0 aliphatic rings. The van der Waals surface area contributed by atoms with Gasteiger partial charge in [-0.3, -0.25) is 13.8 Å². The third kappa shape index (κ3) is 41.7. The Morgan fingerprint density at radius 3 is 1.43 bits per heavy atom. The summed E-state index contributed by atoms with van der Waals surface area (Å²) in [5.41, 5.74) is 5.37. The van der Waals surface area contributed by atoms with E-state index in [0.717, 1.165) is 32.1 Å². The minimum Gasteiger partial charge on any atom is -0.393 e. The summed E-state index contributed by atoms with van der Waals surface area (Å²) in [6.45, 7) is 3.98. The fraction of sp³-hybridized carbons (Fsp3) is 0.896. The van der Waals surface area contributed by atoms with Gasteiger partial charge in [0.15, 0.2) is 0 Å². The summed E-state index contributed by atoms with van der Waals surface area (Å²) in [7, 11) is -4.41. The zero-order valence-electron chi connectivity index (χ0n) is 37.9. The maximum Gasteiger partial charge on any atom is 0.472 e. The van der Waals surface area contributed by atoms with Gasteiger partial charge in [0.05, 0.1) is 37.9 Å². The van der Waals surface area contributed by atoms with Crippen LogP contribution in [0.1, 0.15) is 239 Å². The molecule has 0 radical (unpaired) electrons. The Morgan fingerprint density at radius 1 is 0.586 bits per heavy atom. The second-order valence-electron chi connectivity index (χ2n) is 16.9. The fourth-order valence-corrected chi connectivity index (χ4v) is 8.13. The molecule has 0 aromatic carbocycles. The van der Waals surface area contributed by atoms with Crippen molar-refractivity contribution in [2.45, 2.75) is 257 Å². The Morgan fingerprint density at radius 2 is 0.983 bits per heavy atom.